The lowest BCUT2D eigenvalue weighted by molar-refractivity contribution is -0.117. The zero-order chi connectivity index (χ0) is 12.1. The van der Waals surface area contributed by atoms with E-state index in [1.165, 1.54) is 11.8 Å². The topological polar surface area (TPSA) is 98.2 Å². The molecule has 0 bridgehead atoms. The lowest BCUT2D eigenvalue weighted by Gasteiger charge is -2.07. The number of imide groups is 1. The van der Waals surface area contributed by atoms with Crippen LogP contribution in [0, 0.1) is 6.92 Å². The van der Waals surface area contributed by atoms with Crippen molar-refractivity contribution in [2.24, 2.45) is 5.73 Å². The molecule has 1 aromatic carbocycles. The third-order valence-corrected chi connectivity index (χ3v) is 3.11. The number of nitrogens with one attached hydrogen (secondary N) is 1. The Kier molecular flexibility index (Phi) is 4.19. The fourth-order valence-electron chi connectivity index (χ4n) is 1.10. The number of carbonyl (C=O) groups excluding carboxylic acids is 2. The van der Waals surface area contributed by atoms with Crippen molar-refractivity contribution >= 4 is 29.4 Å². The van der Waals surface area contributed by atoms with Crippen molar-refractivity contribution in [2.75, 3.05) is 11.5 Å². The molecule has 0 saturated heterocycles. The highest BCUT2D eigenvalue weighted by Crippen LogP contribution is 2.25. The normalized spacial score (nSPS) is 9.81. The lowest BCUT2D eigenvalue weighted by atomic mass is 10.2. The molecule has 1 rings (SSSR count). The Labute approximate surface area is 97.6 Å². The van der Waals surface area contributed by atoms with Crippen LogP contribution in [0.1, 0.15) is 5.56 Å². The van der Waals surface area contributed by atoms with Crippen LogP contribution < -0.4 is 16.8 Å². The number of amides is 3. The van der Waals surface area contributed by atoms with Gasteiger partial charge in [-0.15, -0.1) is 11.8 Å². The second-order valence-electron chi connectivity index (χ2n) is 3.17. The predicted molar refractivity (Wildman–Crippen MR) is 64.0 cm³/mol. The highest BCUT2D eigenvalue weighted by atomic mass is 32.2. The first-order valence-corrected chi connectivity index (χ1v) is 5.56. The molecule has 6 heteroatoms. The Bertz CT molecular complexity index is 421. The van der Waals surface area contributed by atoms with Crippen LogP contribution >= 0.6 is 11.8 Å². The van der Waals surface area contributed by atoms with Crippen LogP contribution in [0.3, 0.4) is 0 Å². The monoisotopic (exact) mass is 239 g/mol. The van der Waals surface area contributed by atoms with Crippen molar-refractivity contribution in [1.29, 1.82) is 0 Å². The molecule has 5 nitrogen and oxygen atoms in total. The van der Waals surface area contributed by atoms with Gasteiger partial charge >= 0.3 is 6.03 Å². The lowest BCUT2D eigenvalue weighted by Crippen LogP contribution is -2.36. The van der Waals surface area contributed by atoms with Gasteiger partial charge < -0.3 is 11.5 Å². The van der Waals surface area contributed by atoms with Gasteiger partial charge in [-0.3, -0.25) is 10.1 Å². The summed E-state index contributed by atoms with van der Waals surface area (Å²) in [6.45, 7) is 1.88. The van der Waals surface area contributed by atoms with Gasteiger partial charge in [-0.2, -0.15) is 0 Å². The van der Waals surface area contributed by atoms with Gasteiger partial charge in [0.15, 0.2) is 0 Å². The Morgan fingerprint density at radius 1 is 1.44 bits per heavy atom. The molecule has 0 fully saturated rings. The molecule has 0 unspecified atom stereocenters. The number of rotatable bonds is 3. The molecule has 1 aromatic rings. The van der Waals surface area contributed by atoms with Gasteiger partial charge in [-0.1, -0.05) is 6.07 Å². The van der Waals surface area contributed by atoms with E-state index < -0.39 is 11.9 Å². The molecular formula is C10H13N3O2S. The van der Waals surface area contributed by atoms with E-state index in [9.17, 15) is 9.59 Å². The van der Waals surface area contributed by atoms with E-state index >= 15 is 0 Å². The average molecular weight is 239 g/mol. The Morgan fingerprint density at radius 2 is 2.12 bits per heavy atom. The van der Waals surface area contributed by atoms with Crippen molar-refractivity contribution in [3.8, 4) is 0 Å². The third-order valence-electron chi connectivity index (χ3n) is 1.95. The maximum absolute atomic E-state index is 11.2. The molecule has 0 atom stereocenters. The van der Waals surface area contributed by atoms with Crippen LogP contribution in [0.5, 0.6) is 0 Å². The van der Waals surface area contributed by atoms with Crippen molar-refractivity contribution in [3.05, 3.63) is 23.8 Å². The van der Waals surface area contributed by atoms with Gasteiger partial charge in [0, 0.05) is 10.6 Å². The summed E-state index contributed by atoms with van der Waals surface area (Å²) in [7, 11) is 0. The number of benzene rings is 1. The first kappa shape index (κ1) is 12.4. The molecule has 3 amide bonds. The summed E-state index contributed by atoms with van der Waals surface area (Å²) in [5.74, 6) is -0.285. The van der Waals surface area contributed by atoms with Gasteiger partial charge in [-0.25, -0.2) is 4.79 Å². The van der Waals surface area contributed by atoms with Crippen LogP contribution in [0.15, 0.2) is 23.1 Å². The van der Waals surface area contributed by atoms with Crippen molar-refractivity contribution in [2.45, 2.75) is 11.8 Å². The quantitative estimate of drug-likeness (QED) is 0.538. The van der Waals surface area contributed by atoms with Gasteiger partial charge in [0.25, 0.3) is 0 Å². The van der Waals surface area contributed by atoms with Crippen molar-refractivity contribution in [3.63, 3.8) is 0 Å². The summed E-state index contributed by atoms with van der Waals surface area (Å²) in [6.07, 6.45) is 0. The fraction of sp³-hybridized carbons (Fsp3) is 0.200. The summed E-state index contributed by atoms with van der Waals surface area (Å²) in [5, 5.41) is 1.99. The Hall–Kier alpha value is -1.69. The molecule has 16 heavy (non-hydrogen) atoms. The summed E-state index contributed by atoms with van der Waals surface area (Å²) in [4.78, 5) is 22.5. The maximum Gasteiger partial charge on any atom is 0.318 e. The van der Waals surface area contributed by atoms with E-state index in [1.54, 1.807) is 6.07 Å². The van der Waals surface area contributed by atoms with E-state index in [-0.39, 0.29) is 5.75 Å². The summed E-state index contributed by atoms with van der Waals surface area (Å²) < 4.78 is 0. The summed E-state index contributed by atoms with van der Waals surface area (Å²) in [5.41, 5.74) is 12.1. The van der Waals surface area contributed by atoms with E-state index in [2.05, 4.69) is 0 Å². The molecule has 0 aromatic heterocycles. The molecule has 5 N–H and O–H groups in total. The van der Waals surface area contributed by atoms with Gasteiger partial charge in [0.2, 0.25) is 5.91 Å². The highest BCUT2D eigenvalue weighted by Gasteiger charge is 2.07. The van der Waals surface area contributed by atoms with E-state index in [0.29, 0.717) is 5.69 Å². The van der Waals surface area contributed by atoms with Crippen LogP contribution in [-0.4, -0.2) is 17.7 Å². The van der Waals surface area contributed by atoms with Crippen molar-refractivity contribution in [1.82, 2.24) is 5.32 Å². The number of nitrogen functional groups attached to an aromatic ring is 1. The fourth-order valence-corrected chi connectivity index (χ4v) is 1.97. The predicted octanol–water partition coefficient (Wildman–Crippen LogP) is 0.864. The molecular weight excluding hydrogens is 226 g/mol. The van der Waals surface area contributed by atoms with Crippen molar-refractivity contribution < 1.29 is 9.59 Å². The number of hydrogen-bond donors (Lipinski definition) is 3. The minimum Gasteiger partial charge on any atom is -0.398 e. The SMILES string of the molecule is Cc1c(N)cccc1SCC(=O)NC(N)=O. The molecule has 0 radical (unpaired) electrons. The van der Waals surface area contributed by atoms with Crippen LogP contribution in [0.2, 0.25) is 0 Å². The summed E-state index contributed by atoms with van der Waals surface area (Å²) >= 11 is 1.31. The van der Waals surface area contributed by atoms with E-state index in [1.807, 2.05) is 24.4 Å². The number of thioether (sulfide) groups is 1. The van der Waals surface area contributed by atoms with E-state index in [0.717, 1.165) is 10.5 Å². The third kappa shape index (κ3) is 3.47. The molecule has 0 spiro atoms. The maximum atomic E-state index is 11.2. The largest absolute Gasteiger partial charge is 0.398 e. The number of hydrogen-bond acceptors (Lipinski definition) is 4. The zero-order valence-corrected chi connectivity index (χ0v) is 9.64. The minimum atomic E-state index is -0.838. The molecule has 0 aliphatic carbocycles. The highest BCUT2D eigenvalue weighted by molar-refractivity contribution is 8.00. The minimum absolute atomic E-state index is 0.132. The Balaban J connectivity index is 2.58. The smallest absolute Gasteiger partial charge is 0.318 e. The second-order valence-corrected chi connectivity index (χ2v) is 4.19. The number of primary amides is 1. The average Bonchev–Trinajstić information content (AvgIpc) is 2.19. The Morgan fingerprint density at radius 3 is 2.75 bits per heavy atom. The number of urea groups is 1. The molecule has 0 aliphatic rings. The number of carbonyl (C=O) groups is 2. The number of anilines is 1. The molecule has 0 heterocycles. The standard InChI is InChI=1S/C10H13N3O2S/c1-6-7(11)3-2-4-8(6)16-5-9(14)13-10(12)15/h2-4H,5,11H2,1H3,(H3,12,13,14,15). The van der Waals surface area contributed by atoms with Gasteiger partial charge in [0.1, 0.15) is 0 Å². The molecule has 86 valence electrons. The second kappa shape index (κ2) is 5.41. The molecule has 0 saturated carbocycles. The van der Waals surface area contributed by atoms with E-state index in [4.69, 9.17) is 11.5 Å². The van der Waals surface area contributed by atoms with Crippen LogP contribution in [0.4, 0.5) is 10.5 Å². The van der Waals surface area contributed by atoms with Crippen LogP contribution in [0.25, 0.3) is 0 Å². The van der Waals surface area contributed by atoms with Gasteiger partial charge in [-0.05, 0) is 24.6 Å². The zero-order valence-electron chi connectivity index (χ0n) is 8.82. The molecule has 0 aliphatic heterocycles. The van der Waals surface area contributed by atoms with Gasteiger partial charge in [0.05, 0.1) is 5.75 Å². The first-order chi connectivity index (χ1) is 7.50. The summed E-state index contributed by atoms with van der Waals surface area (Å²) in [6, 6.07) is 4.64. The first-order valence-electron chi connectivity index (χ1n) is 4.58. The number of nitrogens with two attached hydrogens (primary N) is 2. The van der Waals surface area contributed by atoms with Crippen LogP contribution in [-0.2, 0) is 4.79 Å².